The van der Waals surface area contributed by atoms with Crippen molar-refractivity contribution in [3.63, 3.8) is 0 Å². The third-order valence-electron chi connectivity index (χ3n) is 4.60. The minimum absolute atomic E-state index is 0.0389. The number of nitrogens with zero attached hydrogens (tertiary/aromatic N) is 3. The number of amides is 1. The van der Waals surface area contributed by atoms with E-state index in [1.807, 2.05) is 73.4 Å². The zero-order valence-electron chi connectivity index (χ0n) is 17.4. The molecule has 0 aliphatic carbocycles. The van der Waals surface area contributed by atoms with Gasteiger partial charge in [-0.2, -0.15) is 0 Å². The number of aromatic nitrogens is 2. The Morgan fingerprint density at radius 2 is 1.90 bits per heavy atom. The Morgan fingerprint density at radius 1 is 1.13 bits per heavy atom. The van der Waals surface area contributed by atoms with Crippen molar-refractivity contribution in [2.24, 2.45) is 12.0 Å². The fraction of sp³-hybridized carbons (Fsp3) is 0.174. The highest BCUT2D eigenvalue weighted by Gasteiger charge is 2.12. The topological polar surface area (TPSA) is 83.3 Å². The van der Waals surface area contributed by atoms with Gasteiger partial charge >= 0.3 is 0 Å². The van der Waals surface area contributed by atoms with Gasteiger partial charge in [-0.05, 0) is 29.8 Å². The number of imidazole rings is 1. The maximum atomic E-state index is 11.7. The summed E-state index contributed by atoms with van der Waals surface area (Å²) in [4.78, 5) is 20.9. The van der Waals surface area contributed by atoms with E-state index in [1.165, 1.54) is 0 Å². The number of hydrogen-bond donors (Lipinski definition) is 3. The van der Waals surface area contributed by atoms with E-state index in [-0.39, 0.29) is 5.91 Å². The van der Waals surface area contributed by atoms with E-state index in [2.05, 4.69) is 27.5 Å². The van der Waals surface area contributed by atoms with Gasteiger partial charge in [0.1, 0.15) is 0 Å². The van der Waals surface area contributed by atoms with Crippen molar-refractivity contribution >= 4 is 28.8 Å². The number of carbonyl (C=O) groups excluding carboxylic acids is 1. The van der Waals surface area contributed by atoms with Crippen LogP contribution in [0.2, 0.25) is 0 Å². The van der Waals surface area contributed by atoms with E-state index < -0.39 is 0 Å². The lowest BCUT2D eigenvalue weighted by Crippen LogP contribution is -2.20. The molecule has 3 N–H and O–H groups in total. The van der Waals surface area contributed by atoms with Crippen molar-refractivity contribution < 1.29 is 4.79 Å². The van der Waals surface area contributed by atoms with Gasteiger partial charge in [0.15, 0.2) is 11.7 Å². The Bertz CT molecular complexity index is 1080. The van der Waals surface area contributed by atoms with Gasteiger partial charge in [0.25, 0.3) is 0 Å². The Balaban J connectivity index is 1.93. The minimum atomic E-state index is -0.0389. The van der Waals surface area contributed by atoms with Gasteiger partial charge in [-0.3, -0.25) is 4.79 Å². The maximum Gasteiger partial charge on any atom is 0.224 e. The summed E-state index contributed by atoms with van der Waals surface area (Å²) in [6.07, 6.45) is 3.89. The van der Waals surface area contributed by atoms with Crippen LogP contribution >= 0.6 is 0 Å². The fourth-order valence-corrected chi connectivity index (χ4v) is 2.95. The summed E-state index contributed by atoms with van der Waals surface area (Å²) in [5.41, 5.74) is 4.22. The summed E-state index contributed by atoms with van der Waals surface area (Å²) >= 11 is 0. The molecule has 0 spiro atoms. The third kappa shape index (κ3) is 5.14. The van der Waals surface area contributed by atoms with Crippen molar-refractivity contribution in [3.05, 3.63) is 84.5 Å². The van der Waals surface area contributed by atoms with Crippen LogP contribution in [-0.4, -0.2) is 35.4 Å². The number of aryl methyl sites for hydroxylation is 1. The van der Waals surface area contributed by atoms with Crippen LogP contribution in [0.3, 0.4) is 0 Å². The maximum absolute atomic E-state index is 11.7. The van der Waals surface area contributed by atoms with Crippen LogP contribution in [0.4, 0.5) is 11.4 Å². The van der Waals surface area contributed by atoms with Crippen LogP contribution < -0.4 is 16.0 Å². The SMILES string of the molecule is C=C(N=C(Nc1cccc(CC(=O)NC)c1)c1nccn1C)c1cccc(NC)c1. The molecule has 1 heterocycles. The number of aliphatic imine (C=N–C) groups is 1. The molecule has 3 aromatic rings. The van der Waals surface area contributed by atoms with E-state index in [0.29, 0.717) is 23.8 Å². The first-order valence-electron chi connectivity index (χ1n) is 9.60. The van der Waals surface area contributed by atoms with Gasteiger partial charge < -0.3 is 20.5 Å². The van der Waals surface area contributed by atoms with Gasteiger partial charge in [-0.1, -0.05) is 30.8 Å². The molecule has 0 saturated carbocycles. The molecule has 7 nitrogen and oxygen atoms in total. The van der Waals surface area contributed by atoms with Gasteiger partial charge in [0.2, 0.25) is 5.91 Å². The van der Waals surface area contributed by atoms with Crippen LogP contribution in [-0.2, 0) is 18.3 Å². The molecule has 3 rings (SSSR count). The van der Waals surface area contributed by atoms with Crippen molar-refractivity contribution in [3.8, 4) is 0 Å². The van der Waals surface area contributed by atoms with Gasteiger partial charge in [-0.25, -0.2) is 9.98 Å². The lowest BCUT2D eigenvalue weighted by Gasteiger charge is -2.13. The molecule has 0 aliphatic rings. The van der Waals surface area contributed by atoms with Crippen molar-refractivity contribution in [2.45, 2.75) is 6.42 Å². The first-order valence-corrected chi connectivity index (χ1v) is 9.60. The van der Waals surface area contributed by atoms with Crippen LogP contribution in [0.5, 0.6) is 0 Å². The largest absolute Gasteiger partial charge is 0.388 e. The predicted octanol–water partition coefficient (Wildman–Crippen LogP) is 3.28. The number of rotatable bonds is 7. The van der Waals surface area contributed by atoms with E-state index >= 15 is 0 Å². The molecule has 7 heteroatoms. The molecular formula is C23H26N6O. The van der Waals surface area contributed by atoms with Crippen LogP contribution in [0.15, 0.2) is 72.5 Å². The average molecular weight is 403 g/mol. The number of carbonyl (C=O) groups is 1. The average Bonchev–Trinajstić information content (AvgIpc) is 3.19. The molecule has 1 amide bonds. The summed E-state index contributed by atoms with van der Waals surface area (Å²) in [5.74, 6) is 1.21. The zero-order valence-corrected chi connectivity index (χ0v) is 17.4. The summed E-state index contributed by atoms with van der Waals surface area (Å²) in [5, 5.41) is 9.11. The quantitative estimate of drug-likeness (QED) is 0.418. The van der Waals surface area contributed by atoms with Gasteiger partial charge in [0.05, 0.1) is 12.1 Å². The number of nitrogens with one attached hydrogen (secondary N) is 3. The summed E-state index contributed by atoms with van der Waals surface area (Å²) < 4.78 is 1.89. The van der Waals surface area contributed by atoms with Crippen LogP contribution in [0.1, 0.15) is 17.0 Å². The summed E-state index contributed by atoms with van der Waals surface area (Å²) in [6.45, 7) is 4.14. The Morgan fingerprint density at radius 3 is 2.60 bits per heavy atom. The molecule has 1 aromatic heterocycles. The monoisotopic (exact) mass is 402 g/mol. The highest BCUT2D eigenvalue weighted by Crippen LogP contribution is 2.20. The van der Waals surface area contributed by atoms with Crippen LogP contribution in [0.25, 0.3) is 5.70 Å². The normalized spacial score (nSPS) is 11.1. The standard InChI is InChI=1S/C23H26N6O/c1-16(18-8-6-9-19(15-18)24-2)27-22(23-26-11-12-29(23)4)28-20-10-5-7-17(13-20)14-21(30)25-3/h5-13,15,24H,1,14H2,2-4H3,(H,25,30)(H,27,28). The first kappa shape index (κ1) is 20.9. The molecule has 30 heavy (non-hydrogen) atoms. The Labute approximate surface area is 176 Å². The van der Waals surface area contributed by atoms with Gasteiger partial charge in [-0.15, -0.1) is 0 Å². The van der Waals surface area contributed by atoms with E-state index in [9.17, 15) is 4.79 Å². The molecule has 0 aliphatic heterocycles. The summed E-state index contributed by atoms with van der Waals surface area (Å²) in [6, 6.07) is 15.6. The Hall–Kier alpha value is -3.87. The van der Waals surface area contributed by atoms with E-state index in [0.717, 1.165) is 22.5 Å². The predicted molar refractivity (Wildman–Crippen MR) is 123 cm³/mol. The van der Waals surface area contributed by atoms with Crippen molar-refractivity contribution in [2.75, 3.05) is 24.7 Å². The van der Waals surface area contributed by atoms with E-state index in [1.54, 1.807) is 13.2 Å². The molecule has 0 radical (unpaired) electrons. The number of hydrogen-bond acceptors (Lipinski definition) is 4. The highest BCUT2D eigenvalue weighted by atomic mass is 16.1. The van der Waals surface area contributed by atoms with Crippen molar-refractivity contribution in [1.82, 2.24) is 14.9 Å². The zero-order chi connectivity index (χ0) is 21.5. The summed E-state index contributed by atoms with van der Waals surface area (Å²) in [7, 11) is 5.41. The third-order valence-corrected chi connectivity index (χ3v) is 4.60. The number of amidine groups is 1. The highest BCUT2D eigenvalue weighted by molar-refractivity contribution is 6.08. The molecule has 154 valence electrons. The number of anilines is 2. The second kappa shape index (κ2) is 9.56. The van der Waals surface area contributed by atoms with Gasteiger partial charge in [0, 0.05) is 50.5 Å². The molecule has 0 saturated heterocycles. The molecule has 2 aromatic carbocycles. The molecular weight excluding hydrogens is 376 g/mol. The molecule has 0 atom stereocenters. The molecule has 0 bridgehead atoms. The fourth-order valence-electron chi connectivity index (χ4n) is 2.95. The number of benzene rings is 2. The molecule has 0 unspecified atom stereocenters. The lowest BCUT2D eigenvalue weighted by atomic mass is 10.1. The minimum Gasteiger partial charge on any atom is -0.388 e. The smallest absolute Gasteiger partial charge is 0.224 e. The van der Waals surface area contributed by atoms with Crippen LogP contribution in [0, 0.1) is 0 Å². The first-order chi connectivity index (χ1) is 14.5. The van der Waals surface area contributed by atoms with Crippen molar-refractivity contribution in [1.29, 1.82) is 0 Å². The molecule has 0 fully saturated rings. The Kier molecular flexibility index (Phi) is 6.64. The second-order valence-electron chi connectivity index (χ2n) is 6.77. The van der Waals surface area contributed by atoms with E-state index in [4.69, 9.17) is 4.99 Å². The second-order valence-corrected chi connectivity index (χ2v) is 6.77. The number of likely N-dealkylation sites (N-methyl/N-ethyl adjacent to an activating group) is 1. The lowest BCUT2D eigenvalue weighted by molar-refractivity contribution is -0.119.